The van der Waals surface area contributed by atoms with Gasteiger partial charge in [0.25, 0.3) is 0 Å². The molecule has 0 aromatic carbocycles. The maximum Gasteiger partial charge on any atom is 0.469 e. The molecule has 4 N–H and O–H groups in total. The molecule has 1 saturated heterocycles. The number of hydrogen-bond donors (Lipinski definition) is 4. The molecule has 0 aromatic rings. The fourth-order valence-corrected chi connectivity index (χ4v) is 1.58. The van der Waals surface area contributed by atoms with Crippen molar-refractivity contribution >= 4 is 7.82 Å². The lowest BCUT2D eigenvalue weighted by atomic mass is 10.1. The molecule has 0 amide bonds. The third-order valence-corrected chi connectivity index (χ3v) is 2.49. The van der Waals surface area contributed by atoms with Gasteiger partial charge in [0.1, 0.15) is 18.3 Å². The van der Waals surface area contributed by atoms with E-state index in [2.05, 4.69) is 4.52 Å². The Morgan fingerprint density at radius 1 is 1.36 bits per heavy atom. The van der Waals surface area contributed by atoms with Gasteiger partial charge in [-0.15, -0.1) is 0 Å². The number of phosphoric ester groups is 1. The van der Waals surface area contributed by atoms with Crippen LogP contribution in [0.5, 0.6) is 0 Å². The number of aliphatic hydroxyl groups is 2. The molecule has 1 unspecified atom stereocenters. The van der Waals surface area contributed by atoms with Gasteiger partial charge in [-0.2, -0.15) is 0 Å². The molecule has 84 valence electrons. The molecule has 1 aliphatic rings. The van der Waals surface area contributed by atoms with E-state index in [1.807, 2.05) is 0 Å². The highest BCUT2D eigenvalue weighted by atomic mass is 31.2. The maximum absolute atomic E-state index is 10.3. The van der Waals surface area contributed by atoms with Gasteiger partial charge < -0.3 is 24.7 Å². The lowest BCUT2D eigenvalue weighted by Gasteiger charge is -2.14. The van der Waals surface area contributed by atoms with Gasteiger partial charge in [0.05, 0.1) is 12.7 Å². The van der Waals surface area contributed by atoms with Crippen LogP contribution < -0.4 is 0 Å². The van der Waals surface area contributed by atoms with E-state index in [-0.39, 0.29) is 0 Å². The number of hydrogen-bond acceptors (Lipinski definition) is 5. The Morgan fingerprint density at radius 2 is 1.93 bits per heavy atom. The van der Waals surface area contributed by atoms with Crippen LogP contribution in [0.25, 0.3) is 0 Å². The molecule has 0 aromatic heterocycles. The average molecular weight is 228 g/mol. The molecule has 1 fully saturated rings. The molecular formula is C6H13O7P. The van der Waals surface area contributed by atoms with Gasteiger partial charge in [-0.25, -0.2) is 4.57 Å². The van der Waals surface area contributed by atoms with Crippen LogP contribution in [-0.4, -0.2) is 51.0 Å². The third-order valence-electron chi connectivity index (χ3n) is 2.01. The summed E-state index contributed by atoms with van der Waals surface area (Å²) in [5.41, 5.74) is 0. The van der Waals surface area contributed by atoms with E-state index in [0.29, 0.717) is 0 Å². The van der Waals surface area contributed by atoms with Crippen LogP contribution in [-0.2, 0) is 13.8 Å². The minimum atomic E-state index is -4.56. The van der Waals surface area contributed by atoms with E-state index < -0.39 is 38.8 Å². The number of rotatable bonds is 3. The first-order valence-corrected chi connectivity index (χ1v) is 5.56. The number of phosphoric acid groups is 1. The van der Waals surface area contributed by atoms with Gasteiger partial charge in [0, 0.05) is 0 Å². The Labute approximate surface area is 80.5 Å². The fraction of sp³-hybridized carbons (Fsp3) is 1.00. The molecule has 4 atom stereocenters. The minimum absolute atomic E-state index is 0.452. The Morgan fingerprint density at radius 3 is 2.29 bits per heavy atom. The smallest absolute Gasteiger partial charge is 0.388 e. The van der Waals surface area contributed by atoms with Crippen LogP contribution in [0.2, 0.25) is 0 Å². The molecule has 14 heavy (non-hydrogen) atoms. The second-order valence-electron chi connectivity index (χ2n) is 3.15. The molecule has 7 nitrogen and oxygen atoms in total. The summed E-state index contributed by atoms with van der Waals surface area (Å²) >= 11 is 0. The summed E-state index contributed by atoms with van der Waals surface area (Å²) in [4.78, 5) is 16.8. The summed E-state index contributed by atoms with van der Waals surface area (Å²) < 4.78 is 19.5. The van der Waals surface area contributed by atoms with Crippen LogP contribution in [0.15, 0.2) is 0 Å². The van der Waals surface area contributed by atoms with Crippen molar-refractivity contribution in [3.8, 4) is 0 Å². The minimum Gasteiger partial charge on any atom is -0.388 e. The molecule has 0 saturated carbocycles. The second kappa shape index (κ2) is 4.24. The summed E-state index contributed by atoms with van der Waals surface area (Å²) in [6.07, 6.45) is -3.72. The van der Waals surface area contributed by atoms with Crippen LogP contribution in [0.4, 0.5) is 0 Å². The summed E-state index contributed by atoms with van der Waals surface area (Å²) in [6.45, 7) is 1.10. The standard InChI is InChI=1S/C6H13O7P/c1-3-5(7)6(8)4(13-3)2-12-14(9,10)11/h3-8H,2H2,1H3,(H2,9,10,11)/t3-,4+,5+,6?/m0/s1. The van der Waals surface area contributed by atoms with Crippen molar-refractivity contribution in [1.29, 1.82) is 0 Å². The van der Waals surface area contributed by atoms with Crippen molar-refractivity contribution in [2.75, 3.05) is 6.61 Å². The first kappa shape index (κ1) is 12.1. The van der Waals surface area contributed by atoms with Crippen molar-refractivity contribution in [3.05, 3.63) is 0 Å². The predicted octanol–water partition coefficient (Wildman–Crippen LogP) is -1.40. The van der Waals surface area contributed by atoms with E-state index in [1.54, 1.807) is 6.92 Å². The van der Waals surface area contributed by atoms with Crippen molar-refractivity contribution in [2.45, 2.75) is 31.3 Å². The number of ether oxygens (including phenoxy) is 1. The maximum atomic E-state index is 10.3. The van der Waals surface area contributed by atoms with E-state index in [0.717, 1.165) is 0 Å². The largest absolute Gasteiger partial charge is 0.469 e. The molecular weight excluding hydrogens is 215 g/mol. The van der Waals surface area contributed by atoms with E-state index in [4.69, 9.17) is 14.5 Å². The third kappa shape index (κ3) is 2.99. The Kier molecular flexibility index (Phi) is 3.65. The van der Waals surface area contributed by atoms with Crippen molar-refractivity contribution in [3.63, 3.8) is 0 Å². The number of aliphatic hydroxyl groups excluding tert-OH is 2. The van der Waals surface area contributed by atoms with Crippen LogP contribution in [0.1, 0.15) is 6.92 Å². The highest BCUT2D eigenvalue weighted by Crippen LogP contribution is 2.37. The summed E-state index contributed by atoms with van der Waals surface area (Å²) in [7, 11) is -4.56. The van der Waals surface area contributed by atoms with Gasteiger partial charge >= 0.3 is 7.82 Å². The van der Waals surface area contributed by atoms with E-state index in [9.17, 15) is 14.8 Å². The summed E-state index contributed by atoms with van der Waals surface area (Å²) in [6, 6.07) is 0. The molecule has 0 aliphatic carbocycles. The molecule has 1 heterocycles. The highest BCUT2D eigenvalue weighted by molar-refractivity contribution is 7.46. The highest BCUT2D eigenvalue weighted by Gasteiger charge is 2.41. The monoisotopic (exact) mass is 228 g/mol. The molecule has 1 rings (SSSR count). The second-order valence-corrected chi connectivity index (χ2v) is 4.39. The Bertz CT molecular complexity index is 238. The fourth-order valence-electron chi connectivity index (χ4n) is 1.24. The van der Waals surface area contributed by atoms with Gasteiger partial charge in [0.2, 0.25) is 0 Å². The van der Waals surface area contributed by atoms with Crippen LogP contribution in [0, 0.1) is 0 Å². The van der Waals surface area contributed by atoms with Gasteiger partial charge in [0.15, 0.2) is 0 Å². The van der Waals surface area contributed by atoms with Crippen molar-refractivity contribution in [1.82, 2.24) is 0 Å². The Hall–Kier alpha value is -0.0100. The summed E-state index contributed by atoms with van der Waals surface area (Å²) in [5, 5.41) is 18.6. The van der Waals surface area contributed by atoms with Crippen LogP contribution >= 0.6 is 7.82 Å². The lowest BCUT2D eigenvalue weighted by Crippen LogP contribution is -2.33. The van der Waals surface area contributed by atoms with E-state index >= 15 is 0 Å². The first-order chi connectivity index (χ1) is 6.31. The predicted molar refractivity (Wildman–Crippen MR) is 44.3 cm³/mol. The van der Waals surface area contributed by atoms with Gasteiger partial charge in [-0.1, -0.05) is 0 Å². The van der Waals surface area contributed by atoms with Crippen molar-refractivity contribution in [2.24, 2.45) is 0 Å². The quantitative estimate of drug-likeness (QED) is 0.439. The van der Waals surface area contributed by atoms with Crippen molar-refractivity contribution < 1.29 is 33.8 Å². The van der Waals surface area contributed by atoms with E-state index in [1.165, 1.54) is 0 Å². The zero-order chi connectivity index (χ0) is 10.9. The SMILES string of the molecule is C[C@@H]1O[C@H](COP(=O)(O)O)C(O)[C@@H]1O. The normalized spacial score (nSPS) is 38.9. The zero-order valence-corrected chi connectivity index (χ0v) is 8.37. The molecule has 8 heteroatoms. The Balaban J connectivity index is 2.44. The lowest BCUT2D eigenvalue weighted by molar-refractivity contribution is -0.0169. The zero-order valence-electron chi connectivity index (χ0n) is 7.48. The van der Waals surface area contributed by atoms with Gasteiger partial charge in [-0.3, -0.25) is 4.52 Å². The average Bonchev–Trinajstić information content (AvgIpc) is 2.28. The molecule has 0 spiro atoms. The molecule has 1 aliphatic heterocycles. The topological polar surface area (TPSA) is 116 Å². The molecule has 0 radical (unpaired) electrons. The van der Waals surface area contributed by atoms with Gasteiger partial charge in [-0.05, 0) is 6.92 Å². The van der Waals surface area contributed by atoms with Crippen LogP contribution in [0.3, 0.4) is 0 Å². The first-order valence-electron chi connectivity index (χ1n) is 4.03. The molecule has 0 bridgehead atoms. The summed E-state index contributed by atoms with van der Waals surface area (Å²) in [5.74, 6) is 0.